The van der Waals surface area contributed by atoms with E-state index in [1.807, 2.05) is 18.2 Å². The van der Waals surface area contributed by atoms with E-state index < -0.39 is 5.82 Å². The predicted octanol–water partition coefficient (Wildman–Crippen LogP) is 5.59. The van der Waals surface area contributed by atoms with Crippen molar-refractivity contribution in [3.8, 4) is 5.88 Å². The highest BCUT2D eigenvalue weighted by Crippen LogP contribution is 2.28. The number of rotatable bonds is 6. The van der Waals surface area contributed by atoms with E-state index in [4.69, 9.17) is 0 Å². The molecule has 33 heavy (non-hydrogen) atoms. The molecule has 0 saturated carbocycles. The summed E-state index contributed by atoms with van der Waals surface area (Å²) >= 11 is 0. The molecule has 1 unspecified atom stereocenters. The quantitative estimate of drug-likeness (QED) is 0.339. The van der Waals surface area contributed by atoms with Gasteiger partial charge in [-0.2, -0.15) is 0 Å². The van der Waals surface area contributed by atoms with Gasteiger partial charge in [-0.05, 0) is 42.3 Å². The van der Waals surface area contributed by atoms with Gasteiger partial charge in [0.25, 0.3) is 0 Å². The van der Waals surface area contributed by atoms with Crippen LogP contribution in [0.15, 0.2) is 71.7 Å². The molecule has 3 N–H and O–H groups in total. The summed E-state index contributed by atoms with van der Waals surface area (Å²) in [5.74, 6) is -0.890. The van der Waals surface area contributed by atoms with Crippen LogP contribution in [0.3, 0.4) is 0 Å². The minimum absolute atomic E-state index is 0.112. The van der Waals surface area contributed by atoms with Crippen LogP contribution in [0.4, 0.5) is 20.2 Å². The van der Waals surface area contributed by atoms with Gasteiger partial charge in [-0.25, -0.2) is 8.78 Å². The van der Waals surface area contributed by atoms with Crippen molar-refractivity contribution in [3.63, 3.8) is 0 Å². The molecule has 3 aromatic carbocycles. The Labute approximate surface area is 190 Å². The third-order valence-corrected chi connectivity index (χ3v) is 5.96. The number of aliphatic imine (C=N–C) groups is 1. The average Bonchev–Trinajstić information content (AvgIpc) is 3.37. The van der Waals surface area contributed by atoms with Crippen molar-refractivity contribution >= 4 is 28.5 Å². The molecule has 1 aromatic heterocycles. The number of fused-ring (bicyclic) bond motifs is 1. The van der Waals surface area contributed by atoms with Gasteiger partial charge in [0, 0.05) is 43.3 Å². The first kappa shape index (κ1) is 21.2. The molecule has 0 spiro atoms. The molecular weight excluding hydrogens is 422 g/mol. The zero-order chi connectivity index (χ0) is 22.8. The topological polar surface area (TPSA) is 63.6 Å². The molecule has 7 heteroatoms. The Hall–Kier alpha value is -3.71. The lowest BCUT2D eigenvalue weighted by Crippen LogP contribution is -2.26. The fourth-order valence-electron chi connectivity index (χ4n) is 4.30. The van der Waals surface area contributed by atoms with Crippen LogP contribution in [0.2, 0.25) is 0 Å². The van der Waals surface area contributed by atoms with Crippen LogP contribution in [0, 0.1) is 11.6 Å². The van der Waals surface area contributed by atoms with Crippen molar-refractivity contribution in [3.05, 3.63) is 89.5 Å². The number of hydrogen-bond donors (Lipinski definition) is 3. The normalized spacial score (nSPS) is 16.7. The van der Waals surface area contributed by atoms with Crippen LogP contribution >= 0.6 is 0 Å². The van der Waals surface area contributed by atoms with Gasteiger partial charge < -0.3 is 15.4 Å². The molecule has 168 valence electrons. The summed E-state index contributed by atoms with van der Waals surface area (Å²) in [4.78, 5) is 9.38. The minimum Gasteiger partial charge on any atom is -0.494 e. The van der Waals surface area contributed by atoms with Crippen LogP contribution in [0.25, 0.3) is 10.9 Å². The number of H-pyrrole nitrogens is 1. The number of halogens is 2. The third-order valence-electron chi connectivity index (χ3n) is 5.96. The van der Waals surface area contributed by atoms with E-state index in [-0.39, 0.29) is 17.7 Å². The summed E-state index contributed by atoms with van der Waals surface area (Å²) in [6, 6.07) is 19.5. The Balaban J connectivity index is 1.24. The molecule has 5 nitrogen and oxygen atoms in total. The molecular formula is C26H24F2N4O. The first-order valence-corrected chi connectivity index (χ1v) is 10.9. The summed E-state index contributed by atoms with van der Waals surface area (Å²) in [7, 11) is 0. The molecule has 1 atom stereocenters. The van der Waals surface area contributed by atoms with Crippen molar-refractivity contribution in [2.24, 2.45) is 4.99 Å². The van der Waals surface area contributed by atoms with E-state index in [1.165, 1.54) is 30.0 Å². The smallest absolute Gasteiger partial charge is 0.198 e. The lowest BCUT2D eigenvalue weighted by Gasteiger charge is -2.18. The standard InChI is InChI=1S/C26H24F2N4O/c27-18-6-8-21-22(26(33)31-25(21)12-18)14-29-19-7-9-24(23(28)13-19)30-20-10-11-32(16-20)15-17-4-2-1-3-5-17/h1-9,12-14,20,30-31,33H,10-11,15-16H2. The number of likely N-dealkylation sites (tertiary alicyclic amines) is 1. The van der Waals surface area contributed by atoms with Gasteiger partial charge in [-0.3, -0.25) is 9.89 Å². The molecule has 2 heterocycles. The number of hydrogen-bond acceptors (Lipinski definition) is 4. The molecule has 0 radical (unpaired) electrons. The van der Waals surface area contributed by atoms with Gasteiger partial charge in [0.1, 0.15) is 11.6 Å². The summed E-state index contributed by atoms with van der Waals surface area (Å²) in [6.45, 7) is 2.71. The van der Waals surface area contributed by atoms with Crippen molar-refractivity contribution in [1.82, 2.24) is 9.88 Å². The highest BCUT2D eigenvalue weighted by atomic mass is 19.1. The lowest BCUT2D eigenvalue weighted by atomic mass is 10.2. The summed E-state index contributed by atoms with van der Waals surface area (Å²) < 4.78 is 28.1. The minimum atomic E-state index is -0.400. The van der Waals surface area contributed by atoms with Crippen LogP contribution in [-0.4, -0.2) is 40.3 Å². The molecule has 1 fully saturated rings. The molecule has 0 aliphatic carbocycles. The van der Waals surface area contributed by atoms with Gasteiger partial charge in [0.05, 0.1) is 22.5 Å². The Morgan fingerprint density at radius 3 is 2.76 bits per heavy atom. The monoisotopic (exact) mass is 446 g/mol. The van der Waals surface area contributed by atoms with E-state index in [9.17, 15) is 13.9 Å². The first-order chi connectivity index (χ1) is 16.0. The zero-order valence-corrected chi connectivity index (χ0v) is 17.9. The Morgan fingerprint density at radius 2 is 1.94 bits per heavy atom. The second kappa shape index (κ2) is 9.03. The van der Waals surface area contributed by atoms with E-state index in [0.29, 0.717) is 27.8 Å². The number of aromatic amines is 1. The number of anilines is 1. The summed E-state index contributed by atoms with van der Waals surface area (Å²) in [5.41, 5.74) is 3.05. The van der Waals surface area contributed by atoms with E-state index in [0.717, 1.165) is 26.1 Å². The highest BCUT2D eigenvalue weighted by molar-refractivity contribution is 6.02. The van der Waals surface area contributed by atoms with E-state index in [1.54, 1.807) is 18.2 Å². The summed E-state index contributed by atoms with van der Waals surface area (Å²) in [5, 5.41) is 14.1. The van der Waals surface area contributed by atoms with Crippen LogP contribution in [-0.2, 0) is 6.54 Å². The number of nitrogens with zero attached hydrogens (tertiary/aromatic N) is 2. The summed E-state index contributed by atoms with van der Waals surface area (Å²) in [6.07, 6.45) is 2.40. The number of benzene rings is 3. The third kappa shape index (κ3) is 4.73. The Kier molecular flexibility index (Phi) is 5.79. The van der Waals surface area contributed by atoms with Gasteiger partial charge in [0.15, 0.2) is 5.88 Å². The number of aromatic nitrogens is 1. The molecule has 0 bridgehead atoms. The fraction of sp³-hybridized carbons (Fsp3) is 0.192. The van der Waals surface area contributed by atoms with Gasteiger partial charge in [-0.1, -0.05) is 30.3 Å². The second-order valence-electron chi connectivity index (χ2n) is 8.35. The lowest BCUT2D eigenvalue weighted by molar-refractivity contribution is 0.328. The molecule has 1 aliphatic rings. The average molecular weight is 447 g/mol. The van der Waals surface area contributed by atoms with Crippen LogP contribution < -0.4 is 5.32 Å². The van der Waals surface area contributed by atoms with Crippen LogP contribution in [0.1, 0.15) is 17.5 Å². The maximum absolute atomic E-state index is 14.7. The van der Waals surface area contributed by atoms with Crippen molar-refractivity contribution in [1.29, 1.82) is 0 Å². The van der Waals surface area contributed by atoms with Crippen molar-refractivity contribution in [2.45, 2.75) is 19.0 Å². The Bertz CT molecular complexity index is 1300. The van der Waals surface area contributed by atoms with Gasteiger partial charge >= 0.3 is 0 Å². The second-order valence-corrected chi connectivity index (χ2v) is 8.35. The van der Waals surface area contributed by atoms with E-state index >= 15 is 0 Å². The van der Waals surface area contributed by atoms with Gasteiger partial charge in [0.2, 0.25) is 0 Å². The van der Waals surface area contributed by atoms with Crippen molar-refractivity contribution in [2.75, 3.05) is 18.4 Å². The molecule has 4 aromatic rings. The van der Waals surface area contributed by atoms with Crippen molar-refractivity contribution < 1.29 is 13.9 Å². The maximum atomic E-state index is 14.7. The largest absolute Gasteiger partial charge is 0.494 e. The maximum Gasteiger partial charge on any atom is 0.198 e. The molecule has 0 amide bonds. The Morgan fingerprint density at radius 1 is 1.09 bits per heavy atom. The molecule has 5 rings (SSSR count). The predicted molar refractivity (Wildman–Crippen MR) is 127 cm³/mol. The SMILES string of the molecule is Oc1[nH]c2cc(F)ccc2c1C=Nc1ccc(NC2CCN(Cc3ccccc3)C2)c(F)c1. The molecule has 1 saturated heterocycles. The number of aromatic hydroxyl groups is 1. The van der Waals surface area contributed by atoms with Crippen LogP contribution in [0.5, 0.6) is 5.88 Å². The first-order valence-electron chi connectivity index (χ1n) is 10.9. The van der Waals surface area contributed by atoms with E-state index in [2.05, 4.69) is 32.3 Å². The molecule has 1 aliphatic heterocycles. The van der Waals surface area contributed by atoms with Gasteiger partial charge in [-0.15, -0.1) is 0 Å². The highest BCUT2D eigenvalue weighted by Gasteiger charge is 2.23. The number of nitrogens with one attached hydrogen (secondary N) is 2. The fourth-order valence-corrected chi connectivity index (χ4v) is 4.30. The zero-order valence-electron chi connectivity index (χ0n) is 17.9.